The average molecular weight is 220 g/mol. The minimum atomic E-state index is -0.145. The number of unbranched alkanes of at least 4 members (excludes halogenated alkanes) is 1. The Labute approximate surface area is 97.3 Å². The van der Waals surface area contributed by atoms with Gasteiger partial charge < -0.3 is 9.84 Å². The van der Waals surface area contributed by atoms with Crippen LogP contribution < -0.4 is 4.74 Å². The van der Waals surface area contributed by atoms with E-state index < -0.39 is 0 Å². The first-order valence-corrected chi connectivity index (χ1v) is 6.21. The molecule has 16 heavy (non-hydrogen) atoms. The van der Waals surface area contributed by atoms with Gasteiger partial charge in [-0.3, -0.25) is 0 Å². The van der Waals surface area contributed by atoms with Gasteiger partial charge in [0.15, 0.2) is 0 Å². The van der Waals surface area contributed by atoms with Crippen LogP contribution in [0.15, 0.2) is 24.3 Å². The normalized spacial score (nSPS) is 23.9. The van der Waals surface area contributed by atoms with E-state index in [0.29, 0.717) is 0 Å². The molecule has 88 valence electrons. The van der Waals surface area contributed by atoms with Gasteiger partial charge in [0, 0.05) is 12.8 Å². The molecule has 0 heterocycles. The predicted molar refractivity (Wildman–Crippen MR) is 64.7 cm³/mol. The van der Waals surface area contributed by atoms with Crippen molar-refractivity contribution in [2.24, 2.45) is 0 Å². The van der Waals surface area contributed by atoms with Crippen molar-refractivity contribution in [2.45, 2.75) is 51.2 Å². The third-order valence-corrected chi connectivity index (χ3v) is 3.12. The summed E-state index contributed by atoms with van der Waals surface area (Å²) in [4.78, 5) is 0. The molecule has 0 spiro atoms. The molecule has 2 heteroatoms. The second-order valence-corrected chi connectivity index (χ2v) is 4.61. The van der Waals surface area contributed by atoms with Gasteiger partial charge in [0.05, 0.1) is 6.10 Å². The smallest absolute Gasteiger partial charge is 0.119 e. The molecule has 1 saturated carbocycles. The third kappa shape index (κ3) is 2.99. The first-order chi connectivity index (χ1) is 7.78. The lowest BCUT2D eigenvalue weighted by atomic mass is 9.92. The Morgan fingerprint density at radius 3 is 2.50 bits per heavy atom. The van der Waals surface area contributed by atoms with Crippen LogP contribution >= 0.6 is 0 Å². The average Bonchev–Trinajstić information content (AvgIpc) is 2.26. The third-order valence-electron chi connectivity index (χ3n) is 3.12. The zero-order valence-corrected chi connectivity index (χ0v) is 9.86. The van der Waals surface area contributed by atoms with Crippen LogP contribution in [0.2, 0.25) is 0 Å². The molecule has 0 aliphatic heterocycles. The number of hydrogen-bond donors (Lipinski definition) is 1. The van der Waals surface area contributed by atoms with Crippen LogP contribution in [0.25, 0.3) is 0 Å². The maximum Gasteiger partial charge on any atom is 0.119 e. The largest absolute Gasteiger partial charge is 0.490 e. The van der Waals surface area contributed by atoms with Gasteiger partial charge in [0.25, 0.3) is 0 Å². The summed E-state index contributed by atoms with van der Waals surface area (Å²) >= 11 is 0. The Kier molecular flexibility index (Phi) is 3.83. The second kappa shape index (κ2) is 5.35. The molecular formula is C14H20O2. The molecule has 0 amide bonds. The van der Waals surface area contributed by atoms with Gasteiger partial charge in [-0.2, -0.15) is 0 Å². The zero-order chi connectivity index (χ0) is 11.4. The molecule has 0 aromatic heterocycles. The highest BCUT2D eigenvalue weighted by Crippen LogP contribution is 2.25. The first kappa shape index (κ1) is 11.5. The van der Waals surface area contributed by atoms with Crippen LogP contribution in [0, 0.1) is 0 Å². The Balaban J connectivity index is 1.82. The monoisotopic (exact) mass is 220 g/mol. The summed E-state index contributed by atoms with van der Waals surface area (Å²) < 4.78 is 5.72. The quantitative estimate of drug-likeness (QED) is 0.826. The van der Waals surface area contributed by atoms with E-state index in [1.807, 2.05) is 12.1 Å². The van der Waals surface area contributed by atoms with E-state index in [1.54, 1.807) is 0 Å². The van der Waals surface area contributed by atoms with Gasteiger partial charge in [-0.25, -0.2) is 0 Å². The molecule has 0 unspecified atom stereocenters. The van der Waals surface area contributed by atoms with Crippen LogP contribution in [0.4, 0.5) is 0 Å². The molecule has 0 saturated heterocycles. The van der Waals surface area contributed by atoms with Crippen molar-refractivity contribution in [1.29, 1.82) is 0 Å². The van der Waals surface area contributed by atoms with Crippen molar-refractivity contribution in [3.8, 4) is 5.75 Å². The molecule has 0 atom stereocenters. The molecule has 1 aromatic rings. The number of benzene rings is 1. The summed E-state index contributed by atoms with van der Waals surface area (Å²) in [5.41, 5.74) is 1.38. The van der Waals surface area contributed by atoms with Crippen molar-refractivity contribution < 1.29 is 9.84 Å². The van der Waals surface area contributed by atoms with E-state index in [9.17, 15) is 0 Å². The van der Waals surface area contributed by atoms with Crippen LogP contribution in [0.1, 0.15) is 38.2 Å². The highest BCUT2D eigenvalue weighted by atomic mass is 16.5. The van der Waals surface area contributed by atoms with E-state index in [0.717, 1.165) is 25.0 Å². The van der Waals surface area contributed by atoms with E-state index in [-0.39, 0.29) is 12.2 Å². The molecule has 0 radical (unpaired) electrons. The van der Waals surface area contributed by atoms with Crippen molar-refractivity contribution in [2.75, 3.05) is 0 Å². The van der Waals surface area contributed by atoms with Crippen molar-refractivity contribution in [3.05, 3.63) is 29.8 Å². The minimum absolute atomic E-state index is 0.145. The fraction of sp³-hybridized carbons (Fsp3) is 0.571. The molecular weight excluding hydrogens is 200 g/mol. The molecule has 1 fully saturated rings. The van der Waals surface area contributed by atoms with Crippen LogP contribution in [0.3, 0.4) is 0 Å². The van der Waals surface area contributed by atoms with Gasteiger partial charge in [0.1, 0.15) is 11.9 Å². The lowest BCUT2D eigenvalue weighted by Gasteiger charge is -2.31. The minimum Gasteiger partial charge on any atom is -0.490 e. The highest BCUT2D eigenvalue weighted by molar-refractivity contribution is 5.27. The van der Waals surface area contributed by atoms with Crippen LogP contribution in [-0.4, -0.2) is 17.3 Å². The Morgan fingerprint density at radius 1 is 1.25 bits per heavy atom. The number of aryl methyl sites for hydroxylation is 1. The van der Waals surface area contributed by atoms with E-state index >= 15 is 0 Å². The number of hydrogen-bond acceptors (Lipinski definition) is 2. The maximum atomic E-state index is 9.16. The van der Waals surface area contributed by atoms with Gasteiger partial charge >= 0.3 is 0 Å². The molecule has 1 N–H and O–H groups in total. The van der Waals surface area contributed by atoms with Crippen LogP contribution in [-0.2, 0) is 6.42 Å². The zero-order valence-electron chi connectivity index (χ0n) is 9.86. The summed E-state index contributed by atoms with van der Waals surface area (Å²) in [6, 6.07) is 8.35. The first-order valence-electron chi connectivity index (χ1n) is 6.21. The Morgan fingerprint density at radius 2 is 1.94 bits per heavy atom. The summed E-state index contributed by atoms with van der Waals surface area (Å²) in [7, 11) is 0. The molecule has 2 nitrogen and oxygen atoms in total. The number of ether oxygens (including phenoxy) is 1. The van der Waals surface area contributed by atoms with Crippen molar-refractivity contribution in [3.63, 3.8) is 0 Å². The summed E-state index contributed by atoms with van der Waals surface area (Å²) in [6.45, 7) is 2.21. The van der Waals surface area contributed by atoms with E-state index in [2.05, 4.69) is 19.1 Å². The SMILES string of the molecule is CCCCc1ccc(OC2CC(O)C2)cc1. The highest BCUT2D eigenvalue weighted by Gasteiger charge is 2.28. The maximum absolute atomic E-state index is 9.16. The van der Waals surface area contributed by atoms with Crippen LogP contribution in [0.5, 0.6) is 5.75 Å². The van der Waals surface area contributed by atoms with Crippen molar-refractivity contribution >= 4 is 0 Å². The second-order valence-electron chi connectivity index (χ2n) is 4.61. The number of aliphatic hydroxyl groups excluding tert-OH is 1. The van der Waals surface area contributed by atoms with Gasteiger partial charge in [-0.05, 0) is 30.5 Å². The van der Waals surface area contributed by atoms with Gasteiger partial charge in [-0.1, -0.05) is 25.5 Å². The molecule has 1 aliphatic carbocycles. The molecule has 1 aromatic carbocycles. The van der Waals surface area contributed by atoms with Gasteiger partial charge in [-0.15, -0.1) is 0 Å². The Hall–Kier alpha value is -1.02. The number of rotatable bonds is 5. The fourth-order valence-electron chi connectivity index (χ4n) is 1.94. The summed E-state index contributed by atoms with van der Waals surface area (Å²) in [5, 5.41) is 9.16. The Bertz CT molecular complexity index is 312. The molecule has 2 rings (SSSR count). The lowest BCUT2D eigenvalue weighted by Crippen LogP contribution is -2.37. The topological polar surface area (TPSA) is 29.5 Å². The predicted octanol–water partition coefficient (Wildman–Crippen LogP) is 2.93. The van der Waals surface area contributed by atoms with Crippen molar-refractivity contribution in [1.82, 2.24) is 0 Å². The fourth-order valence-corrected chi connectivity index (χ4v) is 1.94. The van der Waals surface area contributed by atoms with E-state index in [1.165, 1.54) is 18.4 Å². The molecule has 0 bridgehead atoms. The molecule has 1 aliphatic rings. The number of aliphatic hydroxyl groups is 1. The summed E-state index contributed by atoms with van der Waals surface area (Å²) in [6.07, 6.45) is 5.26. The lowest BCUT2D eigenvalue weighted by molar-refractivity contribution is -0.0107. The standard InChI is InChI=1S/C14H20O2/c1-2-3-4-11-5-7-13(8-6-11)16-14-9-12(15)10-14/h5-8,12,14-15H,2-4,9-10H2,1H3. The summed E-state index contributed by atoms with van der Waals surface area (Å²) in [5.74, 6) is 0.928. The van der Waals surface area contributed by atoms with Gasteiger partial charge in [0.2, 0.25) is 0 Å². The van der Waals surface area contributed by atoms with E-state index in [4.69, 9.17) is 9.84 Å².